The molecule has 0 saturated heterocycles. The maximum Gasteiger partial charge on any atom is 0.354 e. The van der Waals surface area contributed by atoms with Crippen LogP contribution >= 0.6 is 11.6 Å². The summed E-state index contributed by atoms with van der Waals surface area (Å²) in [5.41, 5.74) is 12.6. The second-order valence-electron chi connectivity index (χ2n) is 6.48. The molecule has 1 amide bonds. The van der Waals surface area contributed by atoms with Crippen LogP contribution in [0.25, 0.3) is 11.1 Å². The third-order valence-electron chi connectivity index (χ3n) is 5.05. The number of hydrogen-bond donors (Lipinski definition) is 4. The molecule has 1 fully saturated rings. The number of carbonyl (C=O) groups excluding carboxylic acids is 1. The summed E-state index contributed by atoms with van der Waals surface area (Å²) in [5, 5.41) is 17.1. The number of nitrogen functional groups attached to an aromatic ring is 1. The third-order valence-corrected chi connectivity index (χ3v) is 5.36. The van der Waals surface area contributed by atoms with Crippen molar-refractivity contribution in [2.45, 2.75) is 24.7 Å². The van der Waals surface area contributed by atoms with Crippen LogP contribution in [0.15, 0.2) is 36.4 Å². The molecule has 0 radical (unpaired) electrons. The maximum atomic E-state index is 11.8. The predicted molar refractivity (Wildman–Crippen MR) is 100 cm³/mol. The van der Waals surface area contributed by atoms with Crippen molar-refractivity contribution in [1.29, 1.82) is 5.41 Å². The van der Waals surface area contributed by atoms with Crippen LogP contribution in [0.2, 0.25) is 5.02 Å². The molecule has 1 aliphatic rings. The number of aliphatic carboxylic acids is 1. The summed E-state index contributed by atoms with van der Waals surface area (Å²) >= 11 is 6.27. The monoisotopic (exact) mass is 371 g/mol. The zero-order valence-corrected chi connectivity index (χ0v) is 14.6. The Morgan fingerprint density at radius 1 is 1.15 bits per heavy atom. The zero-order valence-electron chi connectivity index (χ0n) is 13.9. The van der Waals surface area contributed by atoms with Gasteiger partial charge in [0, 0.05) is 16.8 Å². The van der Waals surface area contributed by atoms with E-state index in [0.717, 1.165) is 30.4 Å². The molecule has 7 heteroatoms. The summed E-state index contributed by atoms with van der Waals surface area (Å²) in [5.74, 6) is -1.69. The first-order valence-electron chi connectivity index (χ1n) is 8.08. The first kappa shape index (κ1) is 17.9. The lowest BCUT2D eigenvalue weighted by atomic mass is 9.64. The van der Waals surface area contributed by atoms with Crippen LogP contribution < -0.4 is 11.5 Å². The number of anilines is 1. The van der Waals surface area contributed by atoms with Gasteiger partial charge in [-0.1, -0.05) is 42.3 Å². The maximum absolute atomic E-state index is 11.8. The molecule has 0 bridgehead atoms. The Morgan fingerprint density at radius 2 is 1.77 bits per heavy atom. The quantitative estimate of drug-likeness (QED) is 0.475. The molecule has 0 atom stereocenters. The molecule has 0 aromatic heterocycles. The van der Waals surface area contributed by atoms with Crippen LogP contribution in [-0.4, -0.2) is 22.7 Å². The molecular weight excluding hydrogens is 354 g/mol. The highest BCUT2D eigenvalue weighted by Gasteiger charge is 2.44. The zero-order chi connectivity index (χ0) is 19.1. The van der Waals surface area contributed by atoms with Gasteiger partial charge in [0.15, 0.2) is 0 Å². The van der Waals surface area contributed by atoms with Crippen LogP contribution in [0.3, 0.4) is 0 Å². The first-order chi connectivity index (χ1) is 12.3. The van der Waals surface area contributed by atoms with Gasteiger partial charge in [-0.05, 0) is 36.1 Å². The standard InChI is InChI=1S/C19H18ClN3O3/c20-14-9-15(21)13(16(22)17(24)25)8-12(14)10-2-4-11(5-3-10)19(18(23)26)6-1-7-19/h2-5,8-9,22H,1,6-7,21H2,(H2,23,26)(H,24,25). The number of primary amides is 1. The second-order valence-corrected chi connectivity index (χ2v) is 6.88. The van der Waals surface area contributed by atoms with E-state index in [9.17, 15) is 9.59 Å². The Labute approximate surface area is 155 Å². The summed E-state index contributed by atoms with van der Waals surface area (Å²) in [7, 11) is 0. The van der Waals surface area contributed by atoms with E-state index >= 15 is 0 Å². The fourth-order valence-corrected chi connectivity index (χ4v) is 3.60. The van der Waals surface area contributed by atoms with Crippen LogP contribution in [0.4, 0.5) is 5.69 Å². The highest BCUT2D eigenvalue weighted by Crippen LogP contribution is 2.44. The Bertz CT molecular complexity index is 918. The number of carboxylic acid groups (broad SMARTS) is 1. The van der Waals surface area contributed by atoms with Gasteiger partial charge in [-0.25, -0.2) is 4.79 Å². The SMILES string of the molecule is N=C(C(=O)O)c1cc(-c2ccc(C3(C(N)=O)CCC3)cc2)c(Cl)cc1N. The van der Waals surface area contributed by atoms with Crippen molar-refractivity contribution in [2.24, 2.45) is 5.73 Å². The first-order valence-corrected chi connectivity index (χ1v) is 8.46. The molecule has 134 valence electrons. The smallest absolute Gasteiger partial charge is 0.354 e. The molecule has 3 rings (SSSR count). The Morgan fingerprint density at radius 3 is 2.23 bits per heavy atom. The van der Waals surface area contributed by atoms with Crippen LogP contribution in [0, 0.1) is 5.41 Å². The molecule has 6 N–H and O–H groups in total. The van der Waals surface area contributed by atoms with Gasteiger partial charge in [-0.3, -0.25) is 10.2 Å². The van der Waals surface area contributed by atoms with Gasteiger partial charge >= 0.3 is 5.97 Å². The van der Waals surface area contributed by atoms with Crippen molar-refractivity contribution in [3.63, 3.8) is 0 Å². The van der Waals surface area contributed by atoms with E-state index in [1.165, 1.54) is 12.1 Å². The largest absolute Gasteiger partial charge is 0.477 e. The van der Waals surface area contributed by atoms with Crippen LogP contribution in [-0.2, 0) is 15.0 Å². The number of hydrogen-bond acceptors (Lipinski definition) is 4. The third kappa shape index (κ3) is 2.82. The molecule has 26 heavy (non-hydrogen) atoms. The van der Waals surface area contributed by atoms with Gasteiger partial charge in [0.05, 0.1) is 10.4 Å². The molecule has 6 nitrogen and oxygen atoms in total. The number of carbonyl (C=O) groups is 2. The van der Waals surface area contributed by atoms with Gasteiger partial charge in [-0.15, -0.1) is 0 Å². The number of nitrogens with one attached hydrogen (secondary N) is 1. The van der Waals surface area contributed by atoms with Gasteiger partial charge in [-0.2, -0.15) is 0 Å². The molecule has 2 aromatic carbocycles. The summed E-state index contributed by atoms with van der Waals surface area (Å²) in [6.07, 6.45) is 2.45. The van der Waals surface area contributed by atoms with Gasteiger partial charge < -0.3 is 16.6 Å². The molecule has 0 aliphatic heterocycles. The van der Waals surface area contributed by atoms with E-state index in [0.29, 0.717) is 10.6 Å². The van der Waals surface area contributed by atoms with Crippen molar-refractivity contribution < 1.29 is 14.7 Å². The number of halogens is 1. The minimum atomic E-state index is -1.37. The molecule has 0 unspecified atom stereocenters. The second kappa shape index (κ2) is 6.46. The molecule has 0 heterocycles. The Balaban J connectivity index is 2.02. The number of carboxylic acids is 1. The average Bonchev–Trinajstić information content (AvgIpc) is 2.54. The number of nitrogens with two attached hydrogens (primary N) is 2. The van der Waals surface area contributed by atoms with E-state index in [2.05, 4.69) is 0 Å². The molecule has 1 saturated carbocycles. The molecular formula is C19H18ClN3O3. The summed E-state index contributed by atoms with van der Waals surface area (Å²) in [6.45, 7) is 0. The number of benzene rings is 2. The van der Waals surface area contributed by atoms with Gasteiger partial charge in [0.25, 0.3) is 0 Å². The lowest BCUT2D eigenvalue weighted by Gasteiger charge is -2.39. The predicted octanol–water partition coefficient (Wildman–Crippen LogP) is 2.95. The van der Waals surface area contributed by atoms with E-state index < -0.39 is 17.1 Å². The van der Waals surface area contributed by atoms with Gasteiger partial charge in [0.2, 0.25) is 5.91 Å². The van der Waals surface area contributed by atoms with Gasteiger partial charge in [0.1, 0.15) is 5.71 Å². The molecule has 1 aliphatic carbocycles. The molecule has 0 spiro atoms. The average molecular weight is 372 g/mol. The highest BCUT2D eigenvalue weighted by molar-refractivity contribution is 6.43. The summed E-state index contributed by atoms with van der Waals surface area (Å²) < 4.78 is 0. The highest BCUT2D eigenvalue weighted by atomic mass is 35.5. The number of amides is 1. The van der Waals surface area contributed by atoms with E-state index in [1.54, 1.807) is 0 Å². The minimum Gasteiger partial charge on any atom is -0.477 e. The topological polar surface area (TPSA) is 130 Å². The summed E-state index contributed by atoms with van der Waals surface area (Å²) in [4.78, 5) is 22.9. The molecule has 2 aromatic rings. The van der Waals surface area contributed by atoms with Crippen molar-refractivity contribution >= 4 is 34.9 Å². The minimum absolute atomic E-state index is 0.105. The lowest BCUT2D eigenvalue weighted by Crippen LogP contribution is -2.46. The van der Waals surface area contributed by atoms with E-state index in [1.807, 2.05) is 24.3 Å². The van der Waals surface area contributed by atoms with Crippen LogP contribution in [0.1, 0.15) is 30.4 Å². The normalized spacial score (nSPS) is 15.1. The fourth-order valence-electron chi connectivity index (χ4n) is 3.32. The number of rotatable bonds is 5. The van der Waals surface area contributed by atoms with E-state index in [-0.39, 0.29) is 17.2 Å². The Kier molecular flexibility index (Phi) is 4.46. The van der Waals surface area contributed by atoms with Crippen molar-refractivity contribution in [3.05, 3.63) is 52.5 Å². The van der Waals surface area contributed by atoms with E-state index in [4.69, 9.17) is 33.6 Å². The van der Waals surface area contributed by atoms with Crippen molar-refractivity contribution in [2.75, 3.05) is 5.73 Å². The Hall–Kier alpha value is -2.86. The van der Waals surface area contributed by atoms with Crippen molar-refractivity contribution in [1.82, 2.24) is 0 Å². The lowest BCUT2D eigenvalue weighted by molar-refractivity contribution is -0.129. The van der Waals surface area contributed by atoms with Crippen LogP contribution in [0.5, 0.6) is 0 Å². The van der Waals surface area contributed by atoms with Crippen molar-refractivity contribution in [3.8, 4) is 11.1 Å². The fraction of sp³-hybridized carbons (Fsp3) is 0.211. The summed E-state index contributed by atoms with van der Waals surface area (Å²) in [6, 6.07) is 10.2.